The van der Waals surface area contributed by atoms with Gasteiger partial charge < -0.3 is 9.80 Å². The number of nitrogens with zero attached hydrogens (tertiary/aromatic N) is 8. The summed E-state index contributed by atoms with van der Waals surface area (Å²) in [6, 6.07) is 3.20. The summed E-state index contributed by atoms with van der Waals surface area (Å²) >= 11 is 0. The number of aromatic nitrogens is 6. The SMILES string of the molecule is Cc1nc(N2CCC(N(c3ccncn3)C3CC3)CC2)c2cnn(C)c2n1. The summed E-state index contributed by atoms with van der Waals surface area (Å²) in [4.78, 5) is 22.8. The molecule has 0 radical (unpaired) electrons. The van der Waals surface area contributed by atoms with E-state index in [1.54, 1.807) is 6.33 Å². The van der Waals surface area contributed by atoms with Gasteiger partial charge in [-0.15, -0.1) is 0 Å². The second-order valence-corrected chi connectivity index (χ2v) is 7.52. The van der Waals surface area contributed by atoms with Crippen LogP contribution in [-0.4, -0.2) is 54.9 Å². The monoisotopic (exact) mass is 364 g/mol. The van der Waals surface area contributed by atoms with Crippen LogP contribution >= 0.6 is 0 Å². The first kappa shape index (κ1) is 16.4. The summed E-state index contributed by atoms with van der Waals surface area (Å²) in [5.74, 6) is 2.88. The molecule has 1 aliphatic heterocycles. The molecule has 1 aliphatic carbocycles. The average Bonchev–Trinajstić information content (AvgIpc) is 3.46. The van der Waals surface area contributed by atoms with E-state index in [4.69, 9.17) is 4.98 Å². The molecule has 3 aromatic heterocycles. The van der Waals surface area contributed by atoms with Crippen molar-refractivity contribution in [1.29, 1.82) is 0 Å². The molecule has 0 atom stereocenters. The van der Waals surface area contributed by atoms with Gasteiger partial charge in [-0.2, -0.15) is 5.10 Å². The highest BCUT2D eigenvalue weighted by atomic mass is 15.3. The normalized spacial score (nSPS) is 18.2. The van der Waals surface area contributed by atoms with Crippen LogP contribution in [-0.2, 0) is 7.05 Å². The third-order valence-electron chi connectivity index (χ3n) is 5.61. The smallest absolute Gasteiger partial charge is 0.163 e. The Morgan fingerprint density at radius 2 is 1.85 bits per heavy atom. The summed E-state index contributed by atoms with van der Waals surface area (Å²) in [5, 5.41) is 5.41. The maximum atomic E-state index is 4.74. The Kier molecular flexibility index (Phi) is 3.91. The Hall–Kier alpha value is -2.77. The second kappa shape index (κ2) is 6.44. The third-order valence-corrected chi connectivity index (χ3v) is 5.61. The Morgan fingerprint density at radius 3 is 2.56 bits per heavy atom. The predicted molar refractivity (Wildman–Crippen MR) is 104 cm³/mol. The van der Waals surface area contributed by atoms with Crippen LogP contribution in [0, 0.1) is 6.92 Å². The fourth-order valence-corrected chi connectivity index (χ4v) is 4.17. The van der Waals surface area contributed by atoms with Crippen molar-refractivity contribution in [1.82, 2.24) is 29.7 Å². The van der Waals surface area contributed by atoms with Gasteiger partial charge in [-0.25, -0.2) is 19.9 Å². The lowest BCUT2D eigenvalue weighted by atomic mass is 10.0. The first-order chi connectivity index (χ1) is 13.2. The number of piperidine rings is 1. The number of anilines is 2. The third kappa shape index (κ3) is 2.98. The molecule has 2 fully saturated rings. The highest BCUT2D eigenvalue weighted by Crippen LogP contribution is 2.36. The number of fused-ring (bicyclic) bond motifs is 1. The van der Waals surface area contributed by atoms with Gasteiger partial charge >= 0.3 is 0 Å². The summed E-state index contributed by atoms with van der Waals surface area (Å²) < 4.78 is 1.82. The molecule has 8 heteroatoms. The lowest BCUT2D eigenvalue weighted by Gasteiger charge is -2.40. The van der Waals surface area contributed by atoms with Crippen molar-refractivity contribution >= 4 is 22.7 Å². The summed E-state index contributed by atoms with van der Waals surface area (Å²) in [6.07, 6.45) is 10.1. The Morgan fingerprint density at radius 1 is 1.07 bits per heavy atom. The number of rotatable bonds is 4. The lowest BCUT2D eigenvalue weighted by Crippen LogP contribution is -2.46. The molecule has 140 valence electrons. The van der Waals surface area contributed by atoms with Crippen LogP contribution in [0.5, 0.6) is 0 Å². The molecule has 0 N–H and O–H groups in total. The van der Waals surface area contributed by atoms with E-state index in [2.05, 4.69) is 29.9 Å². The fraction of sp³-hybridized carbons (Fsp3) is 0.526. The molecule has 0 spiro atoms. The summed E-state index contributed by atoms with van der Waals surface area (Å²) in [7, 11) is 1.93. The van der Waals surface area contributed by atoms with E-state index in [9.17, 15) is 0 Å². The summed E-state index contributed by atoms with van der Waals surface area (Å²) in [6.45, 7) is 3.92. The zero-order valence-electron chi connectivity index (χ0n) is 15.8. The number of aryl methyl sites for hydroxylation is 2. The van der Waals surface area contributed by atoms with Crippen LogP contribution < -0.4 is 9.80 Å². The zero-order valence-corrected chi connectivity index (χ0v) is 15.8. The molecule has 0 bridgehead atoms. The maximum absolute atomic E-state index is 4.74. The van der Waals surface area contributed by atoms with Crippen molar-refractivity contribution < 1.29 is 0 Å². The highest BCUT2D eigenvalue weighted by molar-refractivity contribution is 5.87. The first-order valence-electron chi connectivity index (χ1n) is 9.66. The molecule has 0 amide bonds. The van der Waals surface area contributed by atoms with E-state index in [0.717, 1.165) is 54.4 Å². The minimum absolute atomic E-state index is 0.524. The Labute approximate surface area is 158 Å². The van der Waals surface area contributed by atoms with Crippen molar-refractivity contribution in [3.8, 4) is 0 Å². The molecular formula is C19H24N8. The number of hydrogen-bond donors (Lipinski definition) is 0. The largest absolute Gasteiger partial charge is 0.356 e. The molecule has 1 saturated heterocycles. The van der Waals surface area contributed by atoms with Gasteiger partial charge in [0.15, 0.2) is 5.65 Å². The van der Waals surface area contributed by atoms with E-state index < -0.39 is 0 Å². The summed E-state index contributed by atoms with van der Waals surface area (Å²) in [5.41, 5.74) is 0.903. The van der Waals surface area contributed by atoms with Crippen molar-refractivity contribution in [2.24, 2.45) is 7.05 Å². The minimum atomic E-state index is 0.524. The van der Waals surface area contributed by atoms with Crippen LogP contribution in [0.15, 0.2) is 24.8 Å². The Bertz CT molecular complexity index is 941. The first-order valence-corrected chi connectivity index (χ1v) is 9.66. The van der Waals surface area contributed by atoms with Crippen LogP contribution in [0.25, 0.3) is 11.0 Å². The molecule has 4 heterocycles. The molecule has 8 nitrogen and oxygen atoms in total. The van der Waals surface area contributed by atoms with E-state index in [1.165, 1.54) is 12.8 Å². The quantitative estimate of drug-likeness (QED) is 0.702. The topological polar surface area (TPSA) is 75.9 Å². The molecular weight excluding hydrogens is 340 g/mol. The molecule has 0 aromatic carbocycles. The standard InChI is InChI=1S/C19H24N8/c1-13-23-18-16(11-22-25(18)2)19(24-13)26-9-6-15(7-10-26)27(14-3-4-14)17-5-8-20-12-21-17/h5,8,11-12,14-15H,3-4,6-7,9-10H2,1-2H3. The Balaban J connectivity index is 1.37. The molecule has 0 unspecified atom stereocenters. The molecule has 1 saturated carbocycles. The van der Waals surface area contributed by atoms with Gasteiger partial charge in [0.2, 0.25) is 0 Å². The average molecular weight is 364 g/mol. The van der Waals surface area contributed by atoms with Gasteiger partial charge in [0, 0.05) is 38.4 Å². The minimum Gasteiger partial charge on any atom is -0.356 e. The second-order valence-electron chi connectivity index (χ2n) is 7.52. The highest BCUT2D eigenvalue weighted by Gasteiger charge is 2.36. The predicted octanol–water partition coefficient (Wildman–Crippen LogP) is 2.10. The maximum Gasteiger partial charge on any atom is 0.163 e. The van der Waals surface area contributed by atoms with Crippen LogP contribution in [0.4, 0.5) is 11.6 Å². The number of hydrogen-bond acceptors (Lipinski definition) is 7. The molecule has 27 heavy (non-hydrogen) atoms. The van der Waals surface area contributed by atoms with Gasteiger partial charge in [0.25, 0.3) is 0 Å². The van der Waals surface area contributed by atoms with Crippen molar-refractivity contribution in [2.45, 2.75) is 44.7 Å². The van der Waals surface area contributed by atoms with Gasteiger partial charge in [0.05, 0.1) is 11.6 Å². The van der Waals surface area contributed by atoms with Crippen molar-refractivity contribution in [2.75, 3.05) is 22.9 Å². The van der Waals surface area contributed by atoms with Crippen molar-refractivity contribution in [3.63, 3.8) is 0 Å². The van der Waals surface area contributed by atoms with Gasteiger partial charge in [0.1, 0.15) is 23.8 Å². The van der Waals surface area contributed by atoms with E-state index in [-0.39, 0.29) is 0 Å². The van der Waals surface area contributed by atoms with Gasteiger partial charge in [-0.1, -0.05) is 0 Å². The lowest BCUT2D eigenvalue weighted by molar-refractivity contribution is 0.458. The van der Waals surface area contributed by atoms with E-state index >= 15 is 0 Å². The van der Waals surface area contributed by atoms with Crippen LogP contribution in [0.3, 0.4) is 0 Å². The molecule has 3 aromatic rings. The van der Waals surface area contributed by atoms with E-state index in [1.807, 2.05) is 37.1 Å². The van der Waals surface area contributed by atoms with Gasteiger partial charge in [-0.3, -0.25) is 4.68 Å². The fourth-order valence-electron chi connectivity index (χ4n) is 4.17. The zero-order chi connectivity index (χ0) is 18.4. The van der Waals surface area contributed by atoms with E-state index in [0.29, 0.717) is 12.1 Å². The van der Waals surface area contributed by atoms with Crippen LogP contribution in [0.2, 0.25) is 0 Å². The molecule has 5 rings (SSSR count). The van der Waals surface area contributed by atoms with Gasteiger partial charge in [-0.05, 0) is 38.7 Å². The van der Waals surface area contributed by atoms with Crippen LogP contribution in [0.1, 0.15) is 31.5 Å². The molecule has 2 aliphatic rings. The van der Waals surface area contributed by atoms with Crippen molar-refractivity contribution in [3.05, 3.63) is 30.6 Å².